The molecule has 2 rings (SSSR count). The summed E-state index contributed by atoms with van der Waals surface area (Å²) >= 11 is 0. The number of amides is 1. The van der Waals surface area contributed by atoms with Gasteiger partial charge >= 0.3 is 0 Å². The number of carbonyl (C=O) groups excluding carboxylic acids is 1. The Hall–Kier alpha value is -2.36. The highest BCUT2D eigenvalue weighted by Gasteiger charge is 2.13. The van der Waals surface area contributed by atoms with Crippen molar-refractivity contribution in [2.45, 2.75) is 6.54 Å². The second-order valence-corrected chi connectivity index (χ2v) is 5.23. The first-order valence-corrected chi connectivity index (χ1v) is 6.74. The van der Waals surface area contributed by atoms with Crippen molar-refractivity contribution in [2.24, 2.45) is 0 Å². The van der Waals surface area contributed by atoms with Crippen LogP contribution in [0.15, 0.2) is 48.5 Å². The number of carbonyl (C=O) groups is 1. The normalized spacial score (nSPS) is 10.3. The van der Waals surface area contributed by atoms with Crippen molar-refractivity contribution >= 4 is 11.6 Å². The maximum absolute atomic E-state index is 12.9. The number of anilines is 1. The smallest absolute Gasteiger partial charge is 0.253 e. The lowest BCUT2D eigenvalue weighted by Gasteiger charge is -2.19. The Morgan fingerprint density at radius 3 is 2.33 bits per heavy atom. The standard InChI is InChI=1S/C17H19FN2O/c1-19(2)16-6-4-5-14(11-16)17(21)20(3)12-13-7-9-15(18)10-8-13/h4-11H,12H2,1-3H3. The predicted molar refractivity (Wildman–Crippen MR) is 83.0 cm³/mol. The zero-order chi connectivity index (χ0) is 15.4. The van der Waals surface area contributed by atoms with Gasteiger partial charge in [0.25, 0.3) is 5.91 Å². The Morgan fingerprint density at radius 1 is 1.05 bits per heavy atom. The maximum atomic E-state index is 12.9. The molecule has 0 spiro atoms. The van der Waals surface area contributed by atoms with Crippen LogP contribution in [0.25, 0.3) is 0 Å². The van der Waals surface area contributed by atoms with Crippen molar-refractivity contribution in [1.82, 2.24) is 4.90 Å². The highest BCUT2D eigenvalue weighted by atomic mass is 19.1. The monoisotopic (exact) mass is 286 g/mol. The Balaban J connectivity index is 2.11. The van der Waals surface area contributed by atoms with Crippen LogP contribution in [0, 0.1) is 5.82 Å². The lowest BCUT2D eigenvalue weighted by molar-refractivity contribution is 0.0785. The molecule has 0 N–H and O–H groups in total. The molecule has 2 aromatic rings. The molecule has 4 heteroatoms. The average Bonchev–Trinajstić information content (AvgIpc) is 2.49. The van der Waals surface area contributed by atoms with E-state index in [-0.39, 0.29) is 11.7 Å². The second-order valence-electron chi connectivity index (χ2n) is 5.23. The Morgan fingerprint density at radius 2 is 1.71 bits per heavy atom. The lowest BCUT2D eigenvalue weighted by Crippen LogP contribution is -2.26. The number of nitrogens with zero attached hydrogens (tertiary/aromatic N) is 2. The van der Waals surface area contributed by atoms with Gasteiger partial charge in [0.1, 0.15) is 5.82 Å². The van der Waals surface area contributed by atoms with Crippen molar-refractivity contribution in [3.63, 3.8) is 0 Å². The summed E-state index contributed by atoms with van der Waals surface area (Å²) in [7, 11) is 5.62. The van der Waals surface area contributed by atoms with Crippen LogP contribution in [0.2, 0.25) is 0 Å². The second kappa shape index (κ2) is 6.39. The summed E-state index contributed by atoms with van der Waals surface area (Å²) in [5, 5.41) is 0. The quantitative estimate of drug-likeness (QED) is 0.862. The molecule has 0 radical (unpaired) electrons. The van der Waals surface area contributed by atoms with Crippen LogP contribution in [0.3, 0.4) is 0 Å². The molecule has 3 nitrogen and oxygen atoms in total. The Labute approximate surface area is 124 Å². The number of benzene rings is 2. The fraction of sp³-hybridized carbons (Fsp3) is 0.235. The van der Waals surface area contributed by atoms with Crippen LogP contribution < -0.4 is 4.90 Å². The fourth-order valence-corrected chi connectivity index (χ4v) is 2.07. The molecule has 1 amide bonds. The van der Waals surface area contributed by atoms with Gasteiger partial charge in [-0.2, -0.15) is 0 Å². The van der Waals surface area contributed by atoms with Crippen LogP contribution in [0.1, 0.15) is 15.9 Å². The van der Waals surface area contributed by atoms with Gasteiger partial charge in [0.2, 0.25) is 0 Å². The molecule has 0 saturated carbocycles. The van der Waals surface area contributed by atoms with Gasteiger partial charge in [-0.1, -0.05) is 18.2 Å². The summed E-state index contributed by atoms with van der Waals surface area (Å²) in [6.45, 7) is 0.450. The molecule has 2 aromatic carbocycles. The predicted octanol–water partition coefficient (Wildman–Crippen LogP) is 3.16. The molecule has 21 heavy (non-hydrogen) atoms. The van der Waals surface area contributed by atoms with Crippen LogP contribution in [0.4, 0.5) is 10.1 Å². The minimum atomic E-state index is -0.272. The molecular weight excluding hydrogens is 267 g/mol. The van der Waals surface area contributed by atoms with E-state index in [1.165, 1.54) is 12.1 Å². The van der Waals surface area contributed by atoms with E-state index in [1.807, 2.05) is 37.2 Å². The first-order valence-electron chi connectivity index (χ1n) is 6.74. The number of hydrogen-bond donors (Lipinski definition) is 0. The summed E-state index contributed by atoms with van der Waals surface area (Å²) < 4.78 is 12.9. The molecule has 0 atom stereocenters. The van der Waals surface area contributed by atoms with Gasteiger partial charge in [-0.15, -0.1) is 0 Å². The first kappa shape index (κ1) is 15.0. The molecule has 0 bridgehead atoms. The summed E-state index contributed by atoms with van der Waals surface area (Å²) in [4.78, 5) is 16.0. The molecule has 0 aliphatic carbocycles. The summed E-state index contributed by atoms with van der Waals surface area (Å²) in [5.41, 5.74) is 2.53. The van der Waals surface area contributed by atoms with Crippen molar-refractivity contribution < 1.29 is 9.18 Å². The van der Waals surface area contributed by atoms with Gasteiger partial charge in [0.15, 0.2) is 0 Å². The third kappa shape index (κ3) is 3.81. The molecule has 0 aliphatic heterocycles. The van der Waals surface area contributed by atoms with Crippen LogP contribution in [-0.4, -0.2) is 32.0 Å². The number of halogens is 1. The minimum absolute atomic E-state index is 0.0528. The number of rotatable bonds is 4. The molecule has 0 unspecified atom stereocenters. The van der Waals surface area contributed by atoms with Crippen molar-refractivity contribution in [3.8, 4) is 0 Å². The van der Waals surface area contributed by atoms with Gasteiger partial charge in [0.05, 0.1) is 0 Å². The van der Waals surface area contributed by atoms with Gasteiger partial charge in [0, 0.05) is 38.9 Å². The van der Waals surface area contributed by atoms with Crippen LogP contribution in [0.5, 0.6) is 0 Å². The molecule has 0 fully saturated rings. The largest absolute Gasteiger partial charge is 0.378 e. The SMILES string of the molecule is CN(Cc1ccc(F)cc1)C(=O)c1cccc(N(C)C)c1. The van der Waals surface area contributed by atoms with Gasteiger partial charge in [-0.3, -0.25) is 4.79 Å². The van der Waals surface area contributed by atoms with Crippen LogP contribution >= 0.6 is 0 Å². The van der Waals surface area contributed by atoms with Gasteiger partial charge in [-0.25, -0.2) is 4.39 Å². The third-order valence-electron chi connectivity index (χ3n) is 3.29. The van der Waals surface area contributed by atoms with E-state index >= 15 is 0 Å². The maximum Gasteiger partial charge on any atom is 0.253 e. The van der Waals surface area contributed by atoms with Gasteiger partial charge in [-0.05, 0) is 35.9 Å². The highest BCUT2D eigenvalue weighted by Crippen LogP contribution is 2.15. The van der Waals surface area contributed by atoms with E-state index < -0.39 is 0 Å². The number of hydrogen-bond acceptors (Lipinski definition) is 2. The van der Waals surface area contributed by atoms with Gasteiger partial charge < -0.3 is 9.80 Å². The highest BCUT2D eigenvalue weighted by molar-refractivity contribution is 5.95. The van der Waals surface area contributed by atoms with E-state index in [1.54, 1.807) is 30.1 Å². The van der Waals surface area contributed by atoms with E-state index in [4.69, 9.17) is 0 Å². The average molecular weight is 286 g/mol. The minimum Gasteiger partial charge on any atom is -0.378 e. The molecule has 0 saturated heterocycles. The Kier molecular flexibility index (Phi) is 4.58. The lowest BCUT2D eigenvalue weighted by atomic mass is 10.1. The fourth-order valence-electron chi connectivity index (χ4n) is 2.07. The summed E-state index contributed by atoms with van der Waals surface area (Å²) in [5.74, 6) is -0.325. The van der Waals surface area contributed by atoms with Crippen LogP contribution in [-0.2, 0) is 6.54 Å². The van der Waals surface area contributed by atoms with E-state index in [0.717, 1.165) is 11.3 Å². The van der Waals surface area contributed by atoms with Crippen molar-refractivity contribution in [1.29, 1.82) is 0 Å². The zero-order valence-corrected chi connectivity index (χ0v) is 12.5. The van der Waals surface area contributed by atoms with E-state index in [0.29, 0.717) is 12.1 Å². The third-order valence-corrected chi connectivity index (χ3v) is 3.29. The topological polar surface area (TPSA) is 23.6 Å². The van der Waals surface area contributed by atoms with E-state index in [9.17, 15) is 9.18 Å². The Bertz CT molecular complexity index is 623. The van der Waals surface area contributed by atoms with Crippen molar-refractivity contribution in [2.75, 3.05) is 26.0 Å². The summed E-state index contributed by atoms with van der Waals surface area (Å²) in [6.07, 6.45) is 0. The molecule has 0 heterocycles. The first-order chi connectivity index (χ1) is 9.97. The van der Waals surface area contributed by atoms with Crippen molar-refractivity contribution in [3.05, 3.63) is 65.5 Å². The molecule has 0 aliphatic rings. The molecule has 0 aromatic heterocycles. The zero-order valence-electron chi connectivity index (χ0n) is 12.5. The molecule has 110 valence electrons. The molecular formula is C17H19FN2O. The van der Waals surface area contributed by atoms with E-state index in [2.05, 4.69) is 0 Å². The summed E-state index contributed by atoms with van der Waals surface area (Å²) in [6, 6.07) is 13.7.